The second-order valence-electron chi connectivity index (χ2n) is 5.32. The zero-order valence-electron chi connectivity index (χ0n) is 13.6. The van der Waals surface area contributed by atoms with Crippen LogP contribution < -0.4 is 0 Å². The molecule has 1 rings (SSSR count). The molecule has 1 aromatic carbocycles. The number of benzene rings is 1. The Bertz CT molecular complexity index is 738. The minimum Gasteiger partial charge on any atom is -0.396 e. The number of halogens is 12. The van der Waals surface area contributed by atoms with Gasteiger partial charge in [-0.3, -0.25) is 0 Å². The third-order valence-corrected chi connectivity index (χ3v) is 3.69. The number of nitrogens with zero attached hydrogens (tertiary/aromatic N) is 2. The fourth-order valence-electron chi connectivity index (χ4n) is 2.40. The highest BCUT2D eigenvalue weighted by Crippen LogP contribution is 2.55. The summed E-state index contributed by atoms with van der Waals surface area (Å²) in [5, 5.41) is 16.5. The molecule has 0 aliphatic carbocycles. The number of ether oxygens (including phenoxy) is 2. The van der Waals surface area contributed by atoms with Crippen molar-refractivity contribution in [2.24, 2.45) is 0 Å². The molecule has 0 fully saturated rings. The number of hydrogen-bond acceptors (Lipinski definition) is 4. The van der Waals surface area contributed by atoms with E-state index in [4.69, 9.17) is 10.5 Å². The zero-order valence-corrected chi connectivity index (χ0v) is 13.6. The molecular formula is C14H4F12N2O2. The van der Waals surface area contributed by atoms with Crippen LogP contribution in [0.15, 0.2) is 24.3 Å². The average Bonchev–Trinajstić information content (AvgIpc) is 2.53. The smallest absolute Gasteiger partial charge is 0.396 e. The van der Waals surface area contributed by atoms with Crippen LogP contribution in [-0.4, -0.2) is 24.7 Å². The fourth-order valence-corrected chi connectivity index (χ4v) is 2.40. The fraction of sp³-hybridized carbons (Fsp3) is 0.429. The van der Waals surface area contributed by atoms with Gasteiger partial charge in [0.1, 0.15) is 0 Å². The molecule has 0 spiro atoms. The first-order valence-electron chi connectivity index (χ1n) is 6.85. The molecule has 0 aliphatic heterocycles. The summed E-state index contributed by atoms with van der Waals surface area (Å²) in [4.78, 5) is 0. The van der Waals surface area contributed by atoms with Crippen molar-refractivity contribution in [2.75, 3.05) is 0 Å². The Balaban J connectivity index is 3.87. The van der Waals surface area contributed by atoms with E-state index >= 15 is 0 Å². The summed E-state index contributed by atoms with van der Waals surface area (Å²) in [5.74, 6) is 0. The predicted molar refractivity (Wildman–Crippen MR) is 67.4 cm³/mol. The molecule has 0 unspecified atom stereocenters. The zero-order chi connectivity index (χ0) is 23.8. The molecule has 1 aromatic rings. The lowest BCUT2D eigenvalue weighted by Gasteiger charge is -2.36. The van der Waals surface area contributed by atoms with Crippen molar-refractivity contribution < 1.29 is 62.2 Å². The van der Waals surface area contributed by atoms with E-state index < -0.39 is 71.3 Å². The van der Waals surface area contributed by atoms with Crippen LogP contribution in [-0.2, 0) is 20.7 Å². The predicted octanol–water partition coefficient (Wildman–Crippen LogP) is 5.32. The molecule has 0 saturated carbocycles. The van der Waals surface area contributed by atoms with E-state index in [1.165, 1.54) is 0 Å². The molecular weight excluding hydrogens is 456 g/mol. The molecule has 0 atom stereocenters. The summed E-state index contributed by atoms with van der Waals surface area (Å²) in [5.41, 5.74) is -14.9. The van der Waals surface area contributed by atoms with Gasteiger partial charge in [0.05, 0.1) is 0 Å². The van der Waals surface area contributed by atoms with Crippen LogP contribution in [0.25, 0.3) is 0 Å². The largest absolute Gasteiger partial charge is 0.443 e. The van der Waals surface area contributed by atoms with Crippen LogP contribution in [0.2, 0.25) is 0 Å². The van der Waals surface area contributed by atoms with Gasteiger partial charge >= 0.3 is 35.9 Å². The summed E-state index contributed by atoms with van der Waals surface area (Å²) in [6, 6.07) is -1.66. The maximum absolute atomic E-state index is 13.2. The molecule has 0 amide bonds. The summed E-state index contributed by atoms with van der Waals surface area (Å²) in [6.45, 7) is 0. The summed E-state index contributed by atoms with van der Waals surface area (Å²) in [7, 11) is 0. The van der Waals surface area contributed by atoms with Crippen molar-refractivity contribution in [3.63, 3.8) is 0 Å². The molecule has 0 N–H and O–H groups in total. The van der Waals surface area contributed by atoms with E-state index in [1.807, 2.05) is 0 Å². The molecule has 166 valence electrons. The van der Waals surface area contributed by atoms with Crippen LogP contribution in [0.1, 0.15) is 11.1 Å². The molecule has 0 bridgehead atoms. The lowest BCUT2D eigenvalue weighted by molar-refractivity contribution is -0.375. The molecule has 16 heteroatoms. The van der Waals surface area contributed by atoms with Gasteiger partial charge in [-0.15, -0.1) is 0 Å². The first-order valence-corrected chi connectivity index (χ1v) is 6.85. The molecule has 4 nitrogen and oxygen atoms in total. The Kier molecular flexibility index (Phi) is 6.11. The van der Waals surface area contributed by atoms with Crippen molar-refractivity contribution in [3.05, 3.63) is 35.4 Å². The van der Waals surface area contributed by atoms with Crippen LogP contribution in [0.5, 0.6) is 0 Å². The third-order valence-electron chi connectivity index (χ3n) is 3.69. The molecule has 30 heavy (non-hydrogen) atoms. The molecule has 0 saturated heterocycles. The maximum atomic E-state index is 13.2. The highest BCUT2D eigenvalue weighted by Gasteiger charge is 2.77. The van der Waals surface area contributed by atoms with E-state index in [2.05, 4.69) is 9.47 Å². The first kappa shape index (κ1) is 25.0. The first-order chi connectivity index (χ1) is 13.3. The monoisotopic (exact) mass is 460 g/mol. The van der Waals surface area contributed by atoms with Gasteiger partial charge in [0.25, 0.3) is 12.5 Å². The van der Waals surface area contributed by atoms with Gasteiger partial charge in [-0.2, -0.15) is 63.2 Å². The molecule has 0 aromatic heterocycles. The minimum atomic E-state index is -6.41. The van der Waals surface area contributed by atoms with Crippen LogP contribution in [0.4, 0.5) is 52.7 Å². The van der Waals surface area contributed by atoms with Gasteiger partial charge in [-0.1, -0.05) is 24.3 Å². The van der Waals surface area contributed by atoms with Gasteiger partial charge < -0.3 is 9.47 Å². The van der Waals surface area contributed by atoms with Crippen molar-refractivity contribution in [1.82, 2.24) is 0 Å². The highest BCUT2D eigenvalue weighted by molar-refractivity contribution is 5.35. The van der Waals surface area contributed by atoms with Crippen molar-refractivity contribution in [1.29, 1.82) is 10.5 Å². The van der Waals surface area contributed by atoms with Gasteiger partial charge in [0, 0.05) is 11.1 Å². The summed E-state index contributed by atoms with van der Waals surface area (Å²) < 4.78 is 164. The Morgan fingerprint density at radius 3 is 0.833 bits per heavy atom. The van der Waals surface area contributed by atoms with Gasteiger partial charge in [-0.05, 0) is 0 Å². The van der Waals surface area contributed by atoms with Crippen molar-refractivity contribution in [2.45, 2.75) is 35.9 Å². The normalized spacial score (nSPS) is 13.9. The quantitative estimate of drug-likeness (QED) is 0.451. The number of alkyl halides is 12. The van der Waals surface area contributed by atoms with E-state index in [0.29, 0.717) is 0 Å². The number of rotatable bonds is 4. The van der Waals surface area contributed by atoms with Gasteiger partial charge in [0.15, 0.2) is 0 Å². The lowest BCUT2D eigenvalue weighted by atomic mass is 9.86. The topological polar surface area (TPSA) is 66.0 Å². The van der Waals surface area contributed by atoms with E-state index in [9.17, 15) is 52.7 Å². The van der Waals surface area contributed by atoms with Crippen molar-refractivity contribution in [3.8, 4) is 12.5 Å². The average molecular weight is 460 g/mol. The highest BCUT2D eigenvalue weighted by atomic mass is 19.4. The van der Waals surface area contributed by atoms with E-state index in [1.54, 1.807) is 0 Å². The Labute approximate surface area is 157 Å². The van der Waals surface area contributed by atoms with E-state index in [0.717, 1.165) is 0 Å². The molecule has 0 aliphatic rings. The number of nitriles is 2. The van der Waals surface area contributed by atoms with Crippen LogP contribution in [0.3, 0.4) is 0 Å². The third kappa shape index (κ3) is 3.61. The second kappa shape index (κ2) is 7.33. The van der Waals surface area contributed by atoms with Crippen molar-refractivity contribution >= 4 is 0 Å². The van der Waals surface area contributed by atoms with E-state index in [-0.39, 0.29) is 12.5 Å². The minimum absolute atomic E-state index is 0.166. The van der Waals surface area contributed by atoms with Crippen LogP contribution in [0, 0.1) is 23.0 Å². The Morgan fingerprint density at radius 1 is 0.500 bits per heavy atom. The number of hydrogen-bond donors (Lipinski definition) is 0. The SMILES string of the molecule is N#COC(c1ccc(C(OC#N)(C(F)(F)F)C(F)(F)F)cc1)(C(F)(F)F)C(F)(F)F. The maximum Gasteiger partial charge on any atom is 0.443 e. The molecule has 0 heterocycles. The standard InChI is InChI=1S/C14H4F12N2O2/c15-11(16,17)9(29-5-27,12(18,19)20)7-1-2-8(4-3-7)10(30-6-28,13(21,22)23)14(24,25)26/h1-4H. The summed E-state index contributed by atoms with van der Waals surface area (Å²) in [6.07, 6.45) is -25.3. The lowest BCUT2D eigenvalue weighted by Crippen LogP contribution is -2.56. The second-order valence-corrected chi connectivity index (χ2v) is 5.32. The Morgan fingerprint density at radius 2 is 0.700 bits per heavy atom. The molecule has 0 radical (unpaired) electrons. The van der Waals surface area contributed by atoms with Crippen LogP contribution >= 0.6 is 0 Å². The Hall–Kier alpha value is -3.04. The van der Waals surface area contributed by atoms with Gasteiger partial charge in [0.2, 0.25) is 0 Å². The van der Waals surface area contributed by atoms with Gasteiger partial charge in [-0.25, -0.2) is 0 Å². The summed E-state index contributed by atoms with van der Waals surface area (Å²) >= 11 is 0.